The number of hydrogen-bond acceptors (Lipinski definition) is 16. The highest BCUT2D eigenvalue weighted by Gasteiger charge is 2.30. The second kappa shape index (κ2) is 33.0. The highest BCUT2D eigenvalue weighted by atomic mass is 35.5. The molecule has 8 N–H and O–H groups in total. The Morgan fingerprint density at radius 1 is 0.526 bits per heavy atom. The number of fused-ring (bicyclic) bond motifs is 2. The molecule has 19 nitrogen and oxygen atoms in total. The molecular formula is C68H76ClF7N10O9. The van der Waals surface area contributed by atoms with Crippen LogP contribution in [0.3, 0.4) is 0 Å². The molecule has 1 aliphatic carbocycles. The van der Waals surface area contributed by atoms with Gasteiger partial charge in [0.2, 0.25) is 5.28 Å². The molecule has 0 unspecified atom stereocenters. The summed E-state index contributed by atoms with van der Waals surface area (Å²) in [5.41, 5.74) is 12.8. The lowest BCUT2D eigenvalue weighted by Crippen LogP contribution is -2.40. The summed E-state index contributed by atoms with van der Waals surface area (Å²) in [4.78, 5) is 57.9. The molecule has 0 spiro atoms. The predicted molar refractivity (Wildman–Crippen MR) is 345 cm³/mol. The predicted octanol–water partition coefficient (Wildman–Crippen LogP) is 11.5. The molecule has 5 aromatic carbocycles. The number of benzene rings is 5. The maximum Gasteiger partial charge on any atom is 0.338 e. The molecule has 2 aromatic heterocycles. The first-order chi connectivity index (χ1) is 45.3. The molecule has 3 fully saturated rings. The topological polar surface area (TPSA) is 267 Å². The van der Waals surface area contributed by atoms with Crippen molar-refractivity contribution in [3.05, 3.63) is 165 Å². The van der Waals surface area contributed by atoms with Gasteiger partial charge in [-0.2, -0.15) is 0 Å². The Morgan fingerprint density at radius 3 is 1.37 bits per heavy atom. The molecule has 7 aromatic rings. The van der Waals surface area contributed by atoms with Gasteiger partial charge in [-0.1, -0.05) is 25.3 Å². The molecule has 12 rings (SSSR count). The summed E-state index contributed by atoms with van der Waals surface area (Å²) in [5.74, 6) is -6.10. The molecule has 1 saturated carbocycles. The summed E-state index contributed by atoms with van der Waals surface area (Å²) < 4.78 is 110. The van der Waals surface area contributed by atoms with Crippen LogP contribution < -0.4 is 30.7 Å². The molecule has 5 aliphatic rings. The zero-order chi connectivity index (χ0) is 68.8. The Bertz CT molecular complexity index is 3840. The zero-order valence-electron chi connectivity index (χ0n) is 52.9. The monoisotopic (exact) mass is 1340 g/mol. The number of hydrogen-bond donors (Lipinski definition) is 6. The van der Waals surface area contributed by atoms with Crippen LogP contribution in [0.4, 0.5) is 53.5 Å². The number of rotatable bonds is 9. The van der Waals surface area contributed by atoms with Gasteiger partial charge < -0.3 is 61.0 Å². The number of carboxylic acids is 1. The van der Waals surface area contributed by atoms with E-state index >= 15 is 0 Å². The number of aromatic carboxylic acids is 1. The van der Waals surface area contributed by atoms with Gasteiger partial charge in [-0.15, -0.1) is 0 Å². The van der Waals surface area contributed by atoms with Gasteiger partial charge in [0.05, 0.1) is 71.9 Å². The molecule has 508 valence electrons. The summed E-state index contributed by atoms with van der Waals surface area (Å²) in [5, 5.41) is 36.2. The van der Waals surface area contributed by atoms with Crippen molar-refractivity contribution in [2.45, 2.75) is 122 Å². The first kappa shape index (κ1) is 72.0. The van der Waals surface area contributed by atoms with Crippen molar-refractivity contribution in [3.8, 4) is 34.0 Å². The van der Waals surface area contributed by atoms with Gasteiger partial charge in [0.1, 0.15) is 47.9 Å². The van der Waals surface area contributed by atoms with Crippen LogP contribution in [-0.2, 0) is 6.42 Å². The third kappa shape index (κ3) is 19.0. The molecule has 95 heavy (non-hydrogen) atoms. The zero-order valence-corrected chi connectivity index (χ0v) is 53.6. The van der Waals surface area contributed by atoms with E-state index in [1.54, 1.807) is 23.1 Å². The van der Waals surface area contributed by atoms with Crippen molar-refractivity contribution >= 4 is 52.1 Å². The Balaban J connectivity index is 0.000000171. The fourth-order valence-electron chi connectivity index (χ4n) is 11.2. The van der Waals surface area contributed by atoms with Crippen LogP contribution in [-0.4, -0.2) is 151 Å². The maximum atomic E-state index is 14.9. The molecule has 2 saturated heterocycles. The van der Waals surface area contributed by atoms with Crippen LogP contribution in [0.2, 0.25) is 5.28 Å². The number of anilines is 4. The van der Waals surface area contributed by atoms with Crippen molar-refractivity contribution in [1.82, 2.24) is 29.7 Å². The van der Waals surface area contributed by atoms with Gasteiger partial charge in [-0.25, -0.2) is 55.5 Å². The molecule has 0 bridgehead atoms. The number of halogens is 8. The minimum absolute atomic E-state index is 0.0315. The minimum Gasteiger partial charge on any atom is -0.486 e. The van der Waals surface area contributed by atoms with E-state index in [0.29, 0.717) is 106 Å². The number of ether oxygens (including phenoxy) is 2. The van der Waals surface area contributed by atoms with E-state index in [1.165, 1.54) is 66.6 Å². The van der Waals surface area contributed by atoms with E-state index in [2.05, 4.69) is 19.9 Å². The second-order valence-electron chi connectivity index (χ2n) is 23.8. The van der Waals surface area contributed by atoms with E-state index < -0.39 is 58.7 Å². The quantitative estimate of drug-likeness (QED) is 0.0445. The van der Waals surface area contributed by atoms with Crippen LogP contribution in [0.15, 0.2) is 91.3 Å². The first-order valence-electron chi connectivity index (χ1n) is 31.2. The summed E-state index contributed by atoms with van der Waals surface area (Å²) in [6, 6.07) is 17.7. The number of carbonyl (C=O) groups is 3. The fraction of sp³-hybridized carbons (Fsp3) is 0.397. The summed E-state index contributed by atoms with van der Waals surface area (Å²) >= 11 is 5.71. The van der Waals surface area contributed by atoms with E-state index in [-0.39, 0.29) is 98.6 Å². The van der Waals surface area contributed by atoms with E-state index in [9.17, 15) is 55.3 Å². The van der Waals surface area contributed by atoms with Crippen LogP contribution in [0.5, 0.6) is 11.5 Å². The number of amides is 2. The van der Waals surface area contributed by atoms with Crippen molar-refractivity contribution in [2.24, 2.45) is 0 Å². The molecular weight excluding hydrogens is 1270 g/mol. The number of nitrogen functional groups attached to an aromatic ring is 2. The minimum atomic E-state index is -1.29. The first-order valence-corrected chi connectivity index (χ1v) is 31.5. The number of likely N-dealkylation sites (tertiary alicyclic amines) is 2. The van der Waals surface area contributed by atoms with Gasteiger partial charge >= 0.3 is 5.97 Å². The molecule has 2 amide bonds. The van der Waals surface area contributed by atoms with Gasteiger partial charge in [0.25, 0.3) is 11.8 Å². The van der Waals surface area contributed by atoms with Gasteiger partial charge in [0.15, 0.2) is 34.8 Å². The van der Waals surface area contributed by atoms with Crippen LogP contribution in [0.1, 0.15) is 128 Å². The van der Waals surface area contributed by atoms with Crippen molar-refractivity contribution in [3.63, 3.8) is 0 Å². The third-order valence-corrected chi connectivity index (χ3v) is 16.5. The van der Waals surface area contributed by atoms with Crippen molar-refractivity contribution in [1.29, 1.82) is 0 Å². The van der Waals surface area contributed by atoms with Gasteiger partial charge in [-0.05, 0) is 156 Å². The fourth-order valence-corrected chi connectivity index (χ4v) is 11.3. The standard InChI is InChI=1S/C28H29F3N4O3.C15H14ClF2N3O.C12H15FN2O2.C7H6FNO2.C6H12O/c1-16(2)35-9-10-38-27-22(30)13-18(14-24(27)35)26-23(31)15-32-25(33-26)12-17-3-4-20(21(29)11-17)28(37)34-7-5-19(36)6-8-34;1-8(2)21-3-4-22-14-10(17)5-9(6-12(14)21)13-11(18)7-19-15(16)20-13;13-11-7-8(14)1-2-10(11)12(17)15-5-3-9(16)4-6-15;8-6-3-4(9)1-2-5(6)7(10)11;7-6-4-2-1-3-5-6/h3-4,11,13-16,19,36H,5-10,12H2,1-2H3;5-8H,3-4H2,1-2H3;1-2,7,9,16H,3-6,14H2;1-3H,9H2,(H,10,11);6-7H,1-5H2. The van der Waals surface area contributed by atoms with Gasteiger partial charge in [-0.3, -0.25) is 9.59 Å². The van der Waals surface area contributed by atoms with Crippen LogP contribution >= 0.6 is 11.6 Å². The average Bonchev–Trinajstić information content (AvgIpc) is 0.786. The molecule has 6 heterocycles. The van der Waals surface area contributed by atoms with Crippen molar-refractivity contribution in [2.75, 3.05) is 73.7 Å². The van der Waals surface area contributed by atoms with Crippen LogP contribution in [0, 0.1) is 40.7 Å². The summed E-state index contributed by atoms with van der Waals surface area (Å²) in [6.45, 7) is 11.6. The highest BCUT2D eigenvalue weighted by Crippen LogP contribution is 2.41. The number of piperidine rings is 2. The Kier molecular flexibility index (Phi) is 25.0. The van der Waals surface area contributed by atoms with Crippen LogP contribution in [0.25, 0.3) is 22.5 Å². The second-order valence-corrected chi connectivity index (χ2v) is 24.2. The number of carboxylic acid groups (broad SMARTS) is 1. The SMILES string of the molecule is CC(C)N1CCOc2c(F)cc(-c3nc(Cc4ccc(C(=O)N5CCC(O)CC5)c(F)c4)ncc3F)cc21.CC(C)N1CCOc2c(F)cc(-c3nc(Cl)ncc3F)cc21.Nc1ccc(C(=O)N2CCC(O)CC2)c(F)c1.Nc1ccc(C(=O)O)c(F)c1.OC1CCCCC1. The van der Waals surface area contributed by atoms with Crippen molar-refractivity contribution < 1.29 is 75.0 Å². The van der Waals surface area contributed by atoms with E-state index in [1.807, 2.05) is 37.5 Å². The lowest BCUT2D eigenvalue weighted by atomic mass is 9.98. The maximum absolute atomic E-state index is 14.9. The number of nitrogens with zero attached hydrogens (tertiary/aromatic N) is 8. The normalized spacial score (nSPS) is 15.7. The lowest BCUT2D eigenvalue weighted by molar-refractivity contribution is 0.0532. The Morgan fingerprint density at radius 2 is 0.947 bits per heavy atom. The van der Waals surface area contributed by atoms with E-state index in [4.69, 9.17) is 42.8 Å². The smallest absolute Gasteiger partial charge is 0.338 e. The third-order valence-electron chi connectivity index (χ3n) is 16.3. The largest absolute Gasteiger partial charge is 0.486 e. The summed E-state index contributed by atoms with van der Waals surface area (Å²) in [7, 11) is 0. The number of aromatic nitrogens is 4. The Labute approximate surface area is 550 Å². The molecule has 4 aliphatic heterocycles. The number of nitrogens with two attached hydrogens (primary N) is 2. The molecule has 0 radical (unpaired) electrons. The number of aliphatic hydroxyl groups is 3. The summed E-state index contributed by atoms with van der Waals surface area (Å²) in [6.07, 6.45) is 9.23. The molecule has 0 atom stereocenters. The highest BCUT2D eigenvalue weighted by molar-refractivity contribution is 6.28. The number of carbonyl (C=O) groups excluding carboxylic acids is 2. The Hall–Kier alpha value is -8.85. The lowest BCUT2D eigenvalue weighted by Gasteiger charge is -2.34. The number of aliphatic hydroxyl groups excluding tert-OH is 3. The van der Waals surface area contributed by atoms with E-state index in [0.717, 1.165) is 43.4 Å². The molecule has 27 heteroatoms. The average molecular weight is 1350 g/mol. The van der Waals surface area contributed by atoms with Gasteiger partial charge in [0, 0.05) is 67.2 Å².